The summed E-state index contributed by atoms with van der Waals surface area (Å²) in [4.78, 5) is 0. The van der Waals surface area contributed by atoms with Crippen molar-refractivity contribution in [3.05, 3.63) is 0 Å². The van der Waals surface area contributed by atoms with Crippen LogP contribution in [0.15, 0.2) is 0 Å². The fraction of sp³-hybridized carbons (Fsp3) is 1.00. The van der Waals surface area contributed by atoms with Gasteiger partial charge in [0, 0.05) is 6.61 Å². The van der Waals surface area contributed by atoms with Gasteiger partial charge in [0.1, 0.15) is 0 Å². The number of hydrogen-bond acceptors (Lipinski definition) is 2. The van der Waals surface area contributed by atoms with E-state index in [1.165, 1.54) is 6.42 Å². The third kappa shape index (κ3) is 0.446. The van der Waals surface area contributed by atoms with Crippen molar-refractivity contribution in [2.45, 2.75) is 25.0 Å². The van der Waals surface area contributed by atoms with E-state index in [1.54, 1.807) is 0 Å². The summed E-state index contributed by atoms with van der Waals surface area (Å²) < 4.78 is 5.21. The maximum Gasteiger partial charge on any atom is 0.0863 e. The number of fused-ring (bicyclic) bond motifs is 1. The van der Waals surface area contributed by atoms with E-state index >= 15 is 0 Å². The molecule has 1 aliphatic heterocycles. The fourth-order valence-electron chi connectivity index (χ4n) is 1.58. The smallest absolute Gasteiger partial charge is 0.0863 e. The first kappa shape index (κ1) is 4.77. The molecule has 1 saturated carbocycles. The monoisotopic (exact) mass is 114 g/mol. The molecule has 0 radical (unpaired) electrons. The number of aliphatic hydroxyl groups excluding tert-OH is 1. The molecule has 0 aromatic rings. The van der Waals surface area contributed by atoms with E-state index in [0.29, 0.717) is 5.92 Å². The average Bonchev–Trinajstić information content (AvgIpc) is 2.09. The molecule has 46 valence electrons. The van der Waals surface area contributed by atoms with Crippen molar-refractivity contribution in [2.75, 3.05) is 6.61 Å². The van der Waals surface area contributed by atoms with E-state index in [9.17, 15) is 0 Å². The molecule has 1 heterocycles. The minimum absolute atomic E-state index is 0.137. The molecule has 2 fully saturated rings. The molecule has 2 heteroatoms. The molecular weight excluding hydrogens is 104 g/mol. The Kier molecular flexibility index (Phi) is 0.866. The van der Waals surface area contributed by atoms with E-state index in [1.807, 2.05) is 0 Å². The zero-order valence-corrected chi connectivity index (χ0v) is 4.71. The molecule has 2 rings (SSSR count). The zero-order chi connectivity index (χ0) is 5.56. The van der Waals surface area contributed by atoms with E-state index in [4.69, 9.17) is 9.84 Å². The van der Waals surface area contributed by atoms with Crippen LogP contribution in [0.5, 0.6) is 0 Å². The minimum Gasteiger partial charge on any atom is -0.390 e. The molecule has 1 saturated heterocycles. The van der Waals surface area contributed by atoms with E-state index in [-0.39, 0.29) is 12.2 Å². The first-order valence-corrected chi connectivity index (χ1v) is 3.17. The van der Waals surface area contributed by atoms with Gasteiger partial charge in [-0.1, -0.05) is 0 Å². The van der Waals surface area contributed by atoms with E-state index < -0.39 is 0 Å². The van der Waals surface area contributed by atoms with Crippen LogP contribution in [-0.4, -0.2) is 23.9 Å². The maximum absolute atomic E-state index is 8.99. The first-order valence-electron chi connectivity index (χ1n) is 3.17. The van der Waals surface area contributed by atoms with Crippen LogP contribution in [0, 0.1) is 5.92 Å². The van der Waals surface area contributed by atoms with Gasteiger partial charge in [-0.05, 0) is 18.8 Å². The van der Waals surface area contributed by atoms with Crippen LogP contribution < -0.4 is 0 Å². The zero-order valence-electron chi connectivity index (χ0n) is 4.71. The molecule has 8 heavy (non-hydrogen) atoms. The Bertz CT molecular complexity index is 103. The number of ether oxygens (including phenoxy) is 1. The molecule has 0 aromatic heterocycles. The van der Waals surface area contributed by atoms with Gasteiger partial charge < -0.3 is 9.84 Å². The summed E-state index contributed by atoms with van der Waals surface area (Å²) in [6, 6.07) is 0. The second-order valence-corrected chi connectivity index (χ2v) is 2.69. The van der Waals surface area contributed by atoms with Crippen LogP contribution in [0.3, 0.4) is 0 Å². The molecule has 1 N–H and O–H groups in total. The SMILES string of the molecule is OC1CC2CCOC12. The van der Waals surface area contributed by atoms with Gasteiger partial charge in [-0.2, -0.15) is 0 Å². The van der Waals surface area contributed by atoms with Crippen LogP contribution in [-0.2, 0) is 4.74 Å². The predicted molar refractivity (Wildman–Crippen MR) is 28.5 cm³/mol. The van der Waals surface area contributed by atoms with E-state index in [2.05, 4.69) is 0 Å². The topological polar surface area (TPSA) is 29.5 Å². The third-order valence-electron chi connectivity index (χ3n) is 2.19. The first-order chi connectivity index (χ1) is 3.88. The molecule has 3 atom stereocenters. The van der Waals surface area contributed by atoms with Gasteiger partial charge >= 0.3 is 0 Å². The van der Waals surface area contributed by atoms with Crippen LogP contribution in [0.25, 0.3) is 0 Å². The van der Waals surface area contributed by atoms with Gasteiger partial charge in [-0.25, -0.2) is 0 Å². The average molecular weight is 114 g/mol. The summed E-state index contributed by atoms with van der Waals surface area (Å²) in [6.07, 6.45) is 2.23. The summed E-state index contributed by atoms with van der Waals surface area (Å²) >= 11 is 0. The summed E-state index contributed by atoms with van der Waals surface area (Å²) in [7, 11) is 0. The quantitative estimate of drug-likeness (QED) is 0.486. The summed E-state index contributed by atoms with van der Waals surface area (Å²) in [5, 5.41) is 8.99. The minimum atomic E-state index is -0.137. The molecule has 0 aromatic carbocycles. The summed E-state index contributed by atoms with van der Waals surface area (Å²) in [5.74, 6) is 0.699. The van der Waals surface area contributed by atoms with Crippen LogP contribution >= 0.6 is 0 Å². The standard InChI is InChI=1S/C6H10O2/c7-5-3-4-1-2-8-6(4)5/h4-7H,1-3H2. The van der Waals surface area contributed by atoms with Crippen LogP contribution in [0.4, 0.5) is 0 Å². The molecule has 2 nitrogen and oxygen atoms in total. The second kappa shape index (κ2) is 1.45. The van der Waals surface area contributed by atoms with Crippen molar-refractivity contribution in [1.82, 2.24) is 0 Å². The summed E-state index contributed by atoms with van der Waals surface area (Å²) in [6.45, 7) is 0.867. The molecule has 0 bridgehead atoms. The van der Waals surface area contributed by atoms with Crippen molar-refractivity contribution in [3.63, 3.8) is 0 Å². The number of rotatable bonds is 0. The lowest BCUT2D eigenvalue weighted by atomic mass is 9.79. The lowest BCUT2D eigenvalue weighted by molar-refractivity contribution is -0.0861. The predicted octanol–water partition coefficient (Wildman–Crippen LogP) is 0.156. The Labute approximate surface area is 48.5 Å². The van der Waals surface area contributed by atoms with Crippen molar-refractivity contribution in [3.8, 4) is 0 Å². The Morgan fingerprint density at radius 3 is 2.88 bits per heavy atom. The van der Waals surface area contributed by atoms with Gasteiger partial charge in [0.15, 0.2) is 0 Å². The molecule has 1 aliphatic carbocycles. The molecular formula is C6H10O2. The molecule has 0 amide bonds. The lowest BCUT2D eigenvalue weighted by Gasteiger charge is -2.34. The fourth-order valence-corrected chi connectivity index (χ4v) is 1.58. The Balaban J connectivity index is 2.02. The van der Waals surface area contributed by atoms with Crippen molar-refractivity contribution < 1.29 is 9.84 Å². The molecule has 3 unspecified atom stereocenters. The van der Waals surface area contributed by atoms with Crippen molar-refractivity contribution in [2.24, 2.45) is 5.92 Å². The van der Waals surface area contributed by atoms with Crippen molar-refractivity contribution in [1.29, 1.82) is 0 Å². The number of hydrogen-bond donors (Lipinski definition) is 1. The maximum atomic E-state index is 8.99. The van der Waals surface area contributed by atoms with E-state index in [0.717, 1.165) is 13.0 Å². The number of aliphatic hydroxyl groups is 1. The van der Waals surface area contributed by atoms with Crippen molar-refractivity contribution >= 4 is 0 Å². The third-order valence-corrected chi connectivity index (χ3v) is 2.19. The normalized spacial score (nSPS) is 52.9. The largest absolute Gasteiger partial charge is 0.390 e. The van der Waals surface area contributed by atoms with Gasteiger partial charge in [-0.3, -0.25) is 0 Å². The van der Waals surface area contributed by atoms with Gasteiger partial charge in [0.05, 0.1) is 12.2 Å². The lowest BCUT2D eigenvalue weighted by Crippen LogP contribution is -2.43. The second-order valence-electron chi connectivity index (χ2n) is 2.69. The summed E-state index contributed by atoms with van der Waals surface area (Å²) in [5.41, 5.74) is 0. The van der Waals surface area contributed by atoms with Gasteiger partial charge in [0.25, 0.3) is 0 Å². The Hall–Kier alpha value is -0.0800. The highest BCUT2D eigenvalue weighted by Gasteiger charge is 2.43. The molecule has 2 aliphatic rings. The van der Waals surface area contributed by atoms with Crippen LogP contribution in [0.2, 0.25) is 0 Å². The highest BCUT2D eigenvalue weighted by Crippen LogP contribution is 2.38. The Morgan fingerprint density at radius 2 is 2.38 bits per heavy atom. The Morgan fingerprint density at radius 1 is 1.50 bits per heavy atom. The van der Waals surface area contributed by atoms with Gasteiger partial charge in [-0.15, -0.1) is 0 Å². The highest BCUT2D eigenvalue weighted by molar-refractivity contribution is 4.93. The highest BCUT2D eigenvalue weighted by atomic mass is 16.5. The molecule has 0 spiro atoms. The van der Waals surface area contributed by atoms with Crippen LogP contribution in [0.1, 0.15) is 12.8 Å². The van der Waals surface area contributed by atoms with Gasteiger partial charge in [0.2, 0.25) is 0 Å².